The van der Waals surface area contributed by atoms with Crippen LogP contribution >= 0.6 is 22.6 Å². The summed E-state index contributed by atoms with van der Waals surface area (Å²) >= 11 is 1.98. The largest absolute Gasteiger partial charge is 0.466 e. The van der Waals surface area contributed by atoms with Crippen molar-refractivity contribution in [2.75, 3.05) is 13.7 Å². The number of aliphatic hydroxyl groups is 1. The fraction of sp³-hybridized carbons (Fsp3) is 0.389. The van der Waals surface area contributed by atoms with Crippen molar-refractivity contribution in [2.45, 2.75) is 36.8 Å². The van der Waals surface area contributed by atoms with Gasteiger partial charge >= 0.3 is 5.97 Å². The number of halogens is 1. The lowest BCUT2D eigenvalue weighted by Gasteiger charge is -2.35. The van der Waals surface area contributed by atoms with E-state index in [2.05, 4.69) is 4.74 Å². The maximum Gasteiger partial charge on any atom is 0.333 e. The number of benzene rings is 1. The van der Waals surface area contributed by atoms with Gasteiger partial charge in [-0.25, -0.2) is 13.2 Å². The number of ether oxygens (including phenoxy) is 1. The van der Waals surface area contributed by atoms with Crippen molar-refractivity contribution in [1.29, 1.82) is 0 Å². The molecule has 9 nitrogen and oxygen atoms in total. The molecule has 0 saturated heterocycles. The Balaban J connectivity index is 2.53. The molecule has 1 unspecified atom stereocenters. The number of para-hydroxylation sites is 1. The van der Waals surface area contributed by atoms with E-state index < -0.39 is 43.6 Å². The Hall–Kier alpha value is -1.83. The highest BCUT2D eigenvalue weighted by molar-refractivity contribution is 14.1. The van der Waals surface area contributed by atoms with Gasteiger partial charge in [-0.3, -0.25) is 10.1 Å². The van der Waals surface area contributed by atoms with Crippen LogP contribution < -0.4 is 0 Å². The number of nitro benzene ring substituents is 1. The van der Waals surface area contributed by atoms with E-state index >= 15 is 0 Å². The highest BCUT2D eigenvalue weighted by atomic mass is 127. The lowest BCUT2D eigenvalue weighted by molar-refractivity contribution is -0.387. The molecule has 0 saturated carbocycles. The summed E-state index contributed by atoms with van der Waals surface area (Å²) in [5, 5.41) is 22.0. The molecule has 2 rings (SSSR count). The second-order valence-corrected chi connectivity index (χ2v) is 9.55. The zero-order chi connectivity index (χ0) is 21.8. The van der Waals surface area contributed by atoms with E-state index in [1.165, 1.54) is 31.4 Å². The minimum Gasteiger partial charge on any atom is -0.466 e. The second-order valence-electron chi connectivity index (χ2n) is 6.31. The fourth-order valence-electron chi connectivity index (χ4n) is 3.05. The summed E-state index contributed by atoms with van der Waals surface area (Å²) in [6.07, 6.45) is 2.07. The molecule has 11 heteroatoms. The van der Waals surface area contributed by atoms with Gasteiger partial charge < -0.3 is 9.84 Å². The molecular formula is C18H21IN2O7S. The van der Waals surface area contributed by atoms with Gasteiger partial charge in [0.05, 0.1) is 24.2 Å². The number of rotatable bonds is 7. The smallest absolute Gasteiger partial charge is 0.333 e. The number of carbonyl (C=O) groups is 1. The first-order chi connectivity index (χ1) is 13.6. The highest BCUT2D eigenvalue weighted by Crippen LogP contribution is 2.33. The van der Waals surface area contributed by atoms with Crippen LogP contribution in [0.3, 0.4) is 0 Å². The van der Waals surface area contributed by atoms with Crippen molar-refractivity contribution in [3.63, 3.8) is 0 Å². The molecule has 29 heavy (non-hydrogen) atoms. The average molecular weight is 536 g/mol. The van der Waals surface area contributed by atoms with E-state index in [-0.39, 0.29) is 25.0 Å². The summed E-state index contributed by atoms with van der Waals surface area (Å²) in [4.78, 5) is 21.9. The van der Waals surface area contributed by atoms with E-state index in [0.29, 0.717) is 3.58 Å². The Labute approximate surface area is 182 Å². The molecule has 0 spiro atoms. The van der Waals surface area contributed by atoms with Crippen molar-refractivity contribution in [2.24, 2.45) is 0 Å². The number of sulfonamides is 1. The van der Waals surface area contributed by atoms with E-state index in [4.69, 9.17) is 0 Å². The molecular weight excluding hydrogens is 515 g/mol. The van der Waals surface area contributed by atoms with E-state index in [1.807, 2.05) is 22.6 Å². The maximum atomic E-state index is 13.4. The third kappa shape index (κ3) is 5.21. The molecule has 1 aromatic carbocycles. The average Bonchev–Trinajstić information content (AvgIpc) is 2.71. The Morgan fingerprint density at radius 3 is 2.66 bits per heavy atom. The Kier molecular flexibility index (Phi) is 7.91. The first-order valence-electron chi connectivity index (χ1n) is 8.64. The highest BCUT2D eigenvalue weighted by Gasteiger charge is 2.40. The third-order valence-corrected chi connectivity index (χ3v) is 7.45. The normalized spacial score (nSPS) is 20.3. The van der Waals surface area contributed by atoms with Gasteiger partial charge in [-0.15, -0.1) is 0 Å². The predicted molar refractivity (Wildman–Crippen MR) is 114 cm³/mol. The van der Waals surface area contributed by atoms with Crippen LogP contribution in [0.1, 0.15) is 19.8 Å². The van der Waals surface area contributed by atoms with Gasteiger partial charge in [0.1, 0.15) is 0 Å². The summed E-state index contributed by atoms with van der Waals surface area (Å²) in [6.45, 7) is 1.68. The van der Waals surface area contributed by atoms with E-state index in [9.17, 15) is 28.4 Å². The van der Waals surface area contributed by atoms with Crippen LogP contribution in [0, 0.1) is 10.1 Å². The van der Waals surface area contributed by atoms with E-state index in [0.717, 1.165) is 10.4 Å². The number of carbonyl (C=O) groups excluding carboxylic acids is 1. The zero-order valence-corrected chi connectivity index (χ0v) is 18.8. The van der Waals surface area contributed by atoms with Crippen LogP contribution in [0.5, 0.6) is 0 Å². The number of methoxy groups -OCH3 is 1. The Morgan fingerprint density at radius 1 is 1.45 bits per heavy atom. The molecule has 1 aliphatic rings. The van der Waals surface area contributed by atoms with Crippen molar-refractivity contribution in [1.82, 2.24) is 4.31 Å². The third-order valence-electron chi connectivity index (χ3n) is 4.57. The van der Waals surface area contributed by atoms with Crippen LogP contribution in [0.25, 0.3) is 0 Å². The minimum absolute atomic E-state index is 0.0609. The molecule has 0 heterocycles. The SMILES string of the molecule is C/C=C(\I)CN([C@H]1CC=C(C(=O)OC)CC1O)S(=O)(=O)c1ccccc1[N+](=O)[O-]. The number of allylic oxidation sites excluding steroid dienone is 1. The van der Waals surface area contributed by atoms with Gasteiger partial charge in [0.25, 0.3) is 15.7 Å². The number of hydrogen-bond acceptors (Lipinski definition) is 7. The number of nitrogens with zero attached hydrogens (tertiary/aromatic N) is 2. The quantitative estimate of drug-likeness (QED) is 0.246. The monoisotopic (exact) mass is 536 g/mol. The van der Waals surface area contributed by atoms with Gasteiger partial charge in [0.15, 0.2) is 4.90 Å². The standard InChI is InChI=1S/C18H21IN2O7S/c1-3-13(19)11-20(14-9-8-12(10-16(14)22)18(23)28-2)29(26,27)17-7-5-4-6-15(17)21(24)25/h3-8,14,16,22H,9-11H2,1-2H3/b13-3-/t14-,16?/m0/s1. The van der Waals surface area contributed by atoms with Crippen LogP contribution in [-0.2, 0) is 19.6 Å². The van der Waals surface area contributed by atoms with Gasteiger partial charge in [0, 0.05) is 28.2 Å². The van der Waals surface area contributed by atoms with Gasteiger partial charge in [-0.2, -0.15) is 4.31 Å². The second kappa shape index (κ2) is 9.78. The van der Waals surface area contributed by atoms with Crippen LogP contribution in [0.2, 0.25) is 0 Å². The molecule has 1 aromatic rings. The molecule has 0 aromatic heterocycles. The minimum atomic E-state index is -4.32. The molecule has 0 fully saturated rings. The maximum absolute atomic E-state index is 13.4. The predicted octanol–water partition coefficient (Wildman–Crippen LogP) is 2.55. The zero-order valence-electron chi connectivity index (χ0n) is 15.8. The summed E-state index contributed by atoms with van der Waals surface area (Å²) < 4.78 is 33.2. The van der Waals surface area contributed by atoms with Crippen molar-refractivity contribution in [3.05, 3.63) is 55.7 Å². The van der Waals surface area contributed by atoms with E-state index in [1.54, 1.807) is 13.0 Å². The lowest BCUT2D eigenvalue weighted by Crippen LogP contribution is -2.49. The fourth-order valence-corrected chi connectivity index (χ4v) is 5.45. The summed E-state index contributed by atoms with van der Waals surface area (Å²) in [7, 11) is -3.09. The van der Waals surface area contributed by atoms with Gasteiger partial charge in [-0.1, -0.05) is 24.3 Å². The molecule has 1 aliphatic carbocycles. The van der Waals surface area contributed by atoms with Crippen LogP contribution in [0.15, 0.2) is 50.5 Å². The summed E-state index contributed by atoms with van der Waals surface area (Å²) in [6, 6.07) is 4.20. The Bertz CT molecular complexity index is 959. The summed E-state index contributed by atoms with van der Waals surface area (Å²) in [5.41, 5.74) is -0.274. The molecule has 0 bridgehead atoms. The van der Waals surface area contributed by atoms with Gasteiger partial charge in [0.2, 0.25) is 0 Å². The number of hydrogen-bond donors (Lipinski definition) is 1. The van der Waals surface area contributed by atoms with Crippen molar-refractivity contribution in [3.8, 4) is 0 Å². The Morgan fingerprint density at radius 2 is 2.10 bits per heavy atom. The van der Waals surface area contributed by atoms with Gasteiger partial charge in [-0.05, 0) is 42.0 Å². The molecule has 158 valence electrons. The molecule has 0 radical (unpaired) electrons. The van der Waals surface area contributed by atoms with Crippen LogP contribution in [-0.4, -0.2) is 54.5 Å². The molecule has 0 aliphatic heterocycles. The topological polar surface area (TPSA) is 127 Å². The number of aliphatic hydroxyl groups excluding tert-OH is 1. The van der Waals surface area contributed by atoms with Crippen molar-refractivity contribution < 1.29 is 28.0 Å². The summed E-state index contributed by atoms with van der Waals surface area (Å²) in [5.74, 6) is -0.585. The lowest BCUT2D eigenvalue weighted by atomic mass is 9.92. The molecule has 2 atom stereocenters. The molecule has 0 amide bonds. The first kappa shape index (κ1) is 23.4. The number of nitro groups is 1. The van der Waals surface area contributed by atoms with Crippen LogP contribution in [0.4, 0.5) is 5.69 Å². The number of esters is 1. The molecule has 1 N–H and O–H groups in total. The van der Waals surface area contributed by atoms with Crippen molar-refractivity contribution >= 4 is 44.3 Å². The first-order valence-corrected chi connectivity index (χ1v) is 11.2.